The number of halogens is 1. The molecular formula is C8H13BrO2. The Morgan fingerprint density at radius 3 is 3.00 bits per heavy atom. The zero-order chi connectivity index (χ0) is 8.27. The van der Waals surface area contributed by atoms with Gasteiger partial charge in [-0.25, -0.2) is 0 Å². The summed E-state index contributed by atoms with van der Waals surface area (Å²) in [6.45, 7) is 2.76. The highest BCUT2D eigenvalue weighted by Crippen LogP contribution is 2.21. The molecule has 11 heavy (non-hydrogen) atoms. The molecule has 0 aromatic carbocycles. The standard InChI is InChI=1S/C8H13BrO2/c1-6-4-7(2-3-11-6)8(10)5-9/h6-7H,2-5H2,1H3. The minimum Gasteiger partial charge on any atom is -0.378 e. The van der Waals surface area contributed by atoms with E-state index in [0.29, 0.717) is 11.1 Å². The predicted octanol–water partition coefficient (Wildman–Crippen LogP) is 1.77. The lowest BCUT2D eigenvalue weighted by Gasteiger charge is -2.25. The van der Waals surface area contributed by atoms with Gasteiger partial charge in [0, 0.05) is 12.5 Å². The summed E-state index contributed by atoms with van der Waals surface area (Å²) in [6.07, 6.45) is 2.05. The molecule has 64 valence electrons. The van der Waals surface area contributed by atoms with Crippen molar-refractivity contribution in [3.05, 3.63) is 0 Å². The van der Waals surface area contributed by atoms with Crippen molar-refractivity contribution in [3.8, 4) is 0 Å². The third kappa shape index (κ3) is 2.56. The van der Waals surface area contributed by atoms with Gasteiger partial charge in [-0.15, -0.1) is 0 Å². The molecular weight excluding hydrogens is 208 g/mol. The van der Waals surface area contributed by atoms with Crippen LogP contribution in [-0.4, -0.2) is 23.8 Å². The maximum absolute atomic E-state index is 11.2. The Balaban J connectivity index is 2.39. The summed E-state index contributed by atoms with van der Waals surface area (Å²) in [5.41, 5.74) is 0. The van der Waals surface area contributed by atoms with Crippen molar-refractivity contribution in [2.75, 3.05) is 11.9 Å². The first-order chi connectivity index (χ1) is 5.24. The first-order valence-electron chi connectivity index (χ1n) is 3.94. The molecule has 0 aromatic heterocycles. The molecule has 0 amide bonds. The minimum atomic E-state index is 0.234. The van der Waals surface area contributed by atoms with Crippen LogP contribution in [0.3, 0.4) is 0 Å². The molecule has 0 aliphatic carbocycles. The zero-order valence-electron chi connectivity index (χ0n) is 6.68. The molecule has 3 heteroatoms. The molecule has 1 aliphatic rings. The fourth-order valence-corrected chi connectivity index (χ4v) is 1.86. The molecule has 1 fully saturated rings. The summed E-state index contributed by atoms with van der Waals surface area (Å²) in [4.78, 5) is 11.2. The maximum Gasteiger partial charge on any atom is 0.146 e. The maximum atomic E-state index is 11.2. The summed E-state index contributed by atoms with van der Waals surface area (Å²) in [5.74, 6) is 0.554. The molecule has 0 N–H and O–H groups in total. The van der Waals surface area contributed by atoms with E-state index in [1.807, 2.05) is 6.92 Å². The second-order valence-electron chi connectivity index (χ2n) is 3.00. The third-order valence-corrected chi connectivity index (χ3v) is 2.62. The highest BCUT2D eigenvalue weighted by Gasteiger charge is 2.24. The molecule has 1 heterocycles. The Bertz CT molecular complexity index is 147. The molecule has 0 saturated carbocycles. The Kier molecular flexibility index (Phi) is 3.52. The van der Waals surface area contributed by atoms with Gasteiger partial charge in [-0.3, -0.25) is 4.79 Å². The van der Waals surface area contributed by atoms with E-state index in [1.165, 1.54) is 0 Å². The Labute approximate surface area is 75.4 Å². The Morgan fingerprint density at radius 2 is 2.45 bits per heavy atom. The average Bonchev–Trinajstić information content (AvgIpc) is 2.03. The molecule has 1 saturated heterocycles. The number of ether oxygens (including phenoxy) is 1. The van der Waals surface area contributed by atoms with Crippen molar-refractivity contribution in [3.63, 3.8) is 0 Å². The lowest BCUT2D eigenvalue weighted by molar-refractivity contribution is -0.124. The van der Waals surface area contributed by atoms with E-state index >= 15 is 0 Å². The van der Waals surface area contributed by atoms with Gasteiger partial charge in [0.1, 0.15) is 5.78 Å². The molecule has 0 radical (unpaired) electrons. The topological polar surface area (TPSA) is 26.3 Å². The largest absolute Gasteiger partial charge is 0.378 e. The number of carbonyl (C=O) groups excluding carboxylic acids is 1. The second-order valence-corrected chi connectivity index (χ2v) is 3.56. The second kappa shape index (κ2) is 4.21. The van der Waals surface area contributed by atoms with Gasteiger partial charge in [0.2, 0.25) is 0 Å². The number of alkyl halides is 1. The van der Waals surface area contributed by atoms with Gasteiger partial charge >= 0.3 is 0 Å². The van der Waals surface area contributed by atoms with Crippen LogP contribution in [0.2, 0.25) is 0 Å². The molecule has 1 aliphatic heterocycles. The Hall–Kier alpha value is 0.110. The highest BCUT2D eigenvalue weighted by molar-refractivity contribution is 9.09. The molecule has 2 unspecified atom stereocenters. The number of ketones is 1. The third-order valence-electron chi connectivity index (χ3n) is 2.07. The first-order valence-corrected chi connectivity index (χ1v) is 5.06. The molecule has 1 rings (SSSR count). The van der Waals surface area contributed by atoms with Gasteiger partial charge in [-0.1, -0.05) is 15.9 Å². The highest BCUT2D eigenvalue weighted by atomic mass is 79.9. The van der Waals surface area contributed by atoms with Gasteiger partial charge in [-0.2, -0.15) is 0 Å². The molecule has 0 bridgehead atoms. The van der Waals surface area contributed by atoms with E-state index in [0.717, 1.165) is 19.4 Å². The number of Topliss-reactive ketones (excluding diaryl/α,β-unsaturated/α-hetero) is 1. The summed E-state index contributed by atoms with van der Waals surface area (Å²) in [6, 6.07) is 0. The van der Waals surface area contributed by atoms with Crippen molar-refractivity contribution in [2.24, 2.45) is 5.92 Å². The van der Waals surface area contributed by atoms with Crippen molar-refractivity contribution in [2.45, 2.75) is 25.9 Å². The lowest BCUT2D eigenvalue weighted by Crippen LogP contribution is -2.28. The fraction of sp³-hybridized carbons (Fsp3) is 0.875. The smallest absolute Gasteiger partial charge is 0.146 e. The predicted molar refractivity (Wildman–Crippen MR) is 46.9 cm³/mol. The lowest BCUT2D eigenvalue weighted by atomic mass is 9.93. The van der Waals surface area contributed by atoms with Crippen LogP contribution in [0, 0.1) is 5.92 Å². The van der Waals surface area contributed by atoms with Crippen LogP contribution in [0.15, 0.2) is 0 Å². The van der Waals surface area contributed by atoms with Crippen LogP contribution >= 0.6 is 15.9 Å². The number of hydrogen-bond donors (Lipinski definition) is 0. The van der Waals surface area contributed by atoms with Gasteiger partial charge in [-0.05, 0) is 19.8 Å². The number of carbonyl (C=O) groups is 1. The van der Waals surface area contributed by atoms with E-state index in [4.69, 9.17) is 4.74 Å². The number of rotatable bonds is 2. The van der Waals surface area contributed by atoms with Gasteiger partial charge < -0.3 is 4.74 Å². The van der Waals surface area contributed by atoms with E-state index in [-0.39, 0.29) is 12.0 Å². The van der Waals surface area contributed by atoms with E-state index in [1.54, 1.807) is 0 Å². The SMILES string of the molecule is CC1CC(C(=O)CBr)CCO1. The summed E-state index contributed by atoms with van der Waals surface area (Å²) >= 11 is 3.18. The molecule has 2 nitrogen and oxygen atoms in total. The molecule has 2 atom stereocenters. The monoisotopic (exact) mass is 220 g/mol. The van der Waals surface area contributed by atoms with Crippen LogP contribution in [-0.2, 0) is 9.53 Å². The van der Waals surface area contributed by atoms with E-state index in [2.05, 4.69) is 15.9 Å². The number of hydrogen-bond acceptors (Lipinski definition) is 2. The van der Waals surface area contributed by atoms with Crippen LogP contribution in [0.25, 0.3) is 0 Å². The van der Waals surface area contributed by atoms with Crippen molar-refractivity contribution < 1.29 is 9.53 Å². The van der Waals surface area contributed by atoms with Crippen LogP contribution in [0.5, 0.6) is 0 Å². The zero-order valence-corrected chi connectivity index (χ0v) is 8.26. The Morgan fingerprint density at radius 1 is 1.73 bits per heavy atom. The van der Waals surface area contributed by atoms with Crippen LogP contribution in [0.1, 0.15) is 19.8 Å². The van der Waals surface area contributed by atoms with E-state index in [9.17, 15) is 4.79 Å². The summed E-state index contributed by atoms with van der Waals surface area (Å²) < 4.78 is 5.34. The van der Waals surface area contributed by atoms with Crippen molar-refractivity contribution in [1.29, 1.82) is 0 Å². The van der Waals surface area contributed by atoms with E-state index < -0.39 is 0 Å². The average molecular weight is 221 g/mol. The van der Waals surface area contributed by atoms with Crippen molar-refractivity contribution in [1.82, 2.24) is 0 Å². The summed E-state index contributed by atoms with van der Waals surface area (Å²) in [5, 5.41) is 0.490. The van der Waals surface area contributed by atoms with Gasteiger partial charge in [0.15, 0.2) is 0 Å². The van der Waals surface area contributed by atoms with Gasteiger partial charge in [0.05, 0.1) is 11.4 Å². The summed E-state index contributed by atoms with van der Waals surface area (Å²) in [7, 11) is 0. The fourth-order valence-electron chi connectivity index (χ4n) is 1.40. The van der Waals surface area contributed by atoms with Gasteiger partial charge in [0.25, 0.3) is 0 Å². The minimum absolute atomic E-state index is 0.234. The molecule has 0 aromatic rings. The van der Waals surface area contributed by atoms with Crippen LogP contribution < -0.4 is 0 Å². The first kappa shape index (κ1) is 9.20. The van der Waals surface area contributed by atoms with Crippen LogP contribution in [0.4, 0.5) is 0 Å². The quantitative estimate of drug-likeness (QED) is 0.664. The normalized spacial score (nSPS) is 31.8. The molecule has 0 spiro atoms. The van der Waals surface area contributed by atoms with Crippen molar-refractivity contribution >= 4 is 21.7 Å².